The molecule has 0 aliphatic carbocycles. The van der Waals surface area contributed by atoms with Crippen LogP contribution >= 0.6 is 0 Å². The van der Waals surface area contributed by atoms with Crippen LogP contribution < -0.4 is 11.3 Å². The Labute approximate surface area is 79.7 Å². The third kappa shape index (κ3) is 1.89. The van der Waals surface area contributed by atoms with E-state index in [4.69, 9.17) is 0 Å². The van der Waals surface area contributed by atoms with Gasteiger partial charge in [-0.25, -0.2) is 22.0 Å². The van der Waals surface area contributed by atoms with Gasteiger partial charge in [-0.05, 0) is 0 Å². The lowest BCUT2D eigenvalue weighted by atomic mass is 10.1. The molecule has 0 atom stereocenters. The van der Waals surface area contributed by atoms with Gasteiger partial charge in [0.2, 0.25) is 5.82 Å². The van der Waals surface area contributed by atoms with E-state index in [1.807, 2.05) is 0 Å². The van der Waals surface area contributed by atoms with Crippen LogP contribution in [0.5, 0.6) is 0 Å². The van der Waals surface area contributed by atoms with Gasteiger partial charge in [0.05, 0.1) is 11.5 Å². The number of carboxylic acids is 1. The van der Waals surface area contributed by atoms with Crippen molar-refractivity contribution in [2.45, 2.75) is 0 Å². The number of hydrogen-bond donors (Lipinski definition) is 1. The summed E-state index contributed by atoms with van der Waals surface area (Å²) in [6.07, 6.45) is 0. The molecule has 0 bridgehead atoms. The van der Waals surface area contributed by atoms with E-state index in [2.05, 4.69) is 0 Å². The lowest BCUT2D eigenvalue weighted by Crippen LogP contribution is -2.26. The number of aromatic carboxylic acids is 1. The fourth-order valence-corrected chi connectivity index (χ4v) is 0.784. The summed E-state index contributed by atoms with van der Waals surface area (Å²) < 4.78 is 62.0. The Morgan fingerprint density at radius 1 is 0.800 bits per heavy atom. The zero-order valence-corrected chi connectivity index (χ0v) is 7.21. The summed E-state index contributed by atoms with van der Waals surface area (Å²) >= 11 is 0. The lowest BCUT2D eigenvalue weighted by molar-refractivity contribution is -0.255. The first kappa shape index (κ1) is 13.3. The zero-order valence-electron chi connectivity index (χ0n) is 7.21. The van der Waals surface area contributed by atoms with E-state index in [0.717, 1.165) is 0 Å². The minimum absolute atomic E-state index is 0. The number of carboxylic acid groups (broad SMARTS) is 1. The average molecular weight is 229 g/mol. The van der Waals surface area contributed by atoms with Gasteiger partial charge < -0.3 is 16.1 Å². The predicted octanol–water partition coefficient (Wildman–Crippen LogP) is 1.12. The van der Waals surface area contributed by atoms with Crippen LogP contribution in [-0.4, -0.2) is 5.97 Å². The summed E-state index contributed by atoms with van der Waals surface area (Å²) in [5, 5.41) is 10.0. The highest BCUT2D eigenvalue weighted by Crippen LogP contribution is 2.22. The first-order valence-electron chi connectivity index (χ1n) is 3.10. The van der Waals surface area contributed by atoms with Crippen LogP contribution in [0.2, 0.25) is 0 Å². The van der Waals surface area contributed by atoms with Crippen LogP contribution in [0.3, 0.4) is 0 Å². The maximum atomic E-state index is 12.5. The van der Waals surface area contributed by atoms with Crippen molar-refractivity contribution in [3.05, 3.63) is 34.6 Å². The average Bonchev–Trinajstić information content (AvgIpc) is 2.11. The minimum atomic E-state index is -2.47. The Kier molecular flexibility index (Phi) is 3.74. The van der Waals surface area contributed by atoms with Crippen molar-refractivity contribution in [2.75, 3.05) is 0 Å². The molecule has 0 unspecified atom stereocenters. The molecule has 0 aliphatic heterocycles. The molecule has 15 heavy (non-hydrogen) atoms. The number of quaternary nitrogens is 1. The van der Waals surface area contributed by atoms with E-state index in [1.165, 1.54) is 0 Å². The third-order valence-electron chi connectivity index (χ3n) is 1.41. The summed E-state index contributed by atoms with van der Waals surface area (Å²) in [5.74, 6) is -14.4. The molecule has 1 aromatic carbocycles. The number of benzene rings is 1. The van der Waals surface area contributed by atoms with E-state index in [-0.39, 0.29) is 6.15 Å². The molecule has 84 valence electrons. The Bertz CT molecular complexity index is 391. The summed E-state index contributed by atoms with van der Waals surface area (Å²) in [6, 6.07) is 0. The predicted molar refractivity (Wildman–Crippen MR) is 36.5 cm³/mol. The fourth-order valence-electron chi connectivity index (χ4n) is 0.784. The highest BCUT2D eigenvalue weighted by molar-refractivity contribution is 5.86. The molecule has 0 saturated heterocycles. The largest absolute Gasteiger partial charge is 0.545 e. The molecule has 0 aromatic heterocycles. The Balaban J connectivity index is 0.00000196. The third-order valence-corrected chi connectivity index (χ3v) is 1.41. The lowest BCUT2D eigenvalue weighted by Gasteiger charge is -2.07. The minimum Gasteiger partial charge on any atom is -0.545 e. The van der Waals surface area contributed by atoms with Crippen LogP contribution in [0.4, 0.5) is 22.0 Å². The van der Waals surface area contributed by atoms with E-state index < -0.39 is 40.6 Å². The standard InChI is InChI=1S/C7HF5O2.H3N/c8-2-1(7(13)14)3(9)5(11)6(12)4(2)10;/h(H,13,14);1H3. The van der Waals surface area contributed by atoms with Crippen molar-refractivity contribution < 1.29 is 31.9 Å². The second kappa shape index (κ2) is 4.22. The van der Waals surface area contributed by atoms with E-state index in [0.29, 0.717) is 0 Å². The number of rotatable bonds is 1. The number of carbonyl (C=O) groups is 1. The zero-order chi connectivity index (χ0) is 11.0. The van der Waals surface area contributed by atoms with Crippen LogP contribution in [0.15, 0.2) is 0 Å². The van der Waals surface area contributed by atoms with Crippen molar-refractivity contribution in [3.63, 3.8) is 0 Å². The van der Waals surface area contributed by atoms with Crippen molar-refractivity contribution in [3.8, 4) is 0 Å². The van der Waals surface area contributed by atoms with Gasteiger partial charge in [0, 0.05) is 0 Å². The highest BCUT2D eigenvalue weighted by Gasteiger charge is 2.25. The van der Waals surface area contributed by atoms with Gasteiger partial charge in [-0.15, -0.1) is 0 Å². The maximum absolute atomic E-state index is 12.5. The second-order valence-corrected chi connectivity index (χ2v) is 2.23. The maximum Gasteiger partial charge on any atom is 0.200 e. The smallest absolute Gasteiger partial charge is 0.200 e. The molecule has 0 aliphatic rings. The van der Waals surface area contributed by atoms with E-state index in [9.17, 15) is 31.9 Å². The van der Waals surface area contributed by atoms with Crippen molar-refractivity contribution in [1.29, 1.82) is 0 Å². The van der Waals surface area contributed by atoms with Gasteiger partial charge in [0.15, 0.2) is 23.3 Å². The first-order chi connectivity index (χ1) is 6.37. The van der Waals surface area contributed by atoms with Gasteiger partial charge in [-0.3, -0.25) is 0 Å². The normalized spacial score (nSPS) is 9.67. The van der Waals surface area contributed by atoms with Crippen molar-refractivity contribution >= 4 is 5.97 Å². The van der Waals surface area contributed by atoms with Gasteiger partial charge in [0.1, 0.15) is 0 Å². The van der Waals surface area contributed by atoms with Crippen LogP contribution in [0.25, 0.3) is 0 Å². The molecular formula is C7H4F5NO2. The number of carbonyl (C=O) groups excluding carboxylic acids is 1. The van der Waals surface area contributed by atoms with E-state index in [1.54, 1.807) is 0 Å². The van der Waals surface area contributed by atoms with Crippen molar-refractivity contribution in [2.24, 2.45) is 0 Å². The van der Waals surface area contributed by atoms with Crippen LogP contribution in [0, 0.1) is 29.1 Å². The fraction of sp³-hybridized carbons (Fsp3) is 0. The topological polar surface area (TPSA) is 76.6 Å². The molecule has 1 aromatic rings. The van der Waals surface area contributed by atoms with Crippen LogP contribution in [0.1, 0.15) is 10.4 Å². The summed E-state index contributed by atoms with van der Waals surface area (Å²) in [4.78, 5) is 10.0. The van der Waals surface area contributed by atoms with Gasteiger partial charge in [-0.1, -0.05) is 0 Å². The quantitative estimate of drug-likeness (QED) is 0.445. The second-order valence-electron chi connectivity index (χ2n) is 2.23. The Morgan fingerprint density at radius 3 is 1.33 bits per heavy atom. The molecule has 3 nitrogen and oxygen atoms in total. The molecular weight excluding hydrogens is 225 g/mol. The Morgan fingerprint density at radius 2 is 1.07 bits per heavy atom. The molecule has 8 heteroatoms. The van der Waals surface area contributed by atoms with Crippen molar-refractivity contribution in [1.82, 2.24) is 6.15 Å². The molecule has 4 N–H and O–H groups in total. The van der Waals surface area contributed by atoms with Gasteiger partial charge in [-0.2, -0.15) is 0 Å². The van der Waals surface area contributed by atoms with Gasteiger partial charge >= 0.3 is 0 Å². The molecule has 0 radical (unpaired) electrons. The molecule has 0 spiro atoms. The molecule has 0 saturated carbocycles. The number of halogens is 5. The Hall–Kier alpha value is -1.70. The first-order valence-corrected chi connectivity index (χ1v) is 3.10. The van der Waals surface area contributed by atoms with E-state index >= 15 is 0 Å². The highest BCUT2D eigenvalue weighted by atomic mass is 19.2. The molecule has 0 fully saturated rings. The monoisotopic (exact) mass is 229 g/mol. The molecule has 0 heterocycles. The molecule has 1 rings (SSSR count). The summed E-state index contributed by atoms with van der Waals surface area (Å²) in [7, 11) is 0. The number of hydrogen-bond acceptors (Lipinski definition) is 2. The summed E-state index contributed by atoms with van der Waals surface area (Å²) in [5.41, 5.74) is -1.97. The van der Waals surface area contributed by atoms with Gasteiger partial charge in [0.25, 0.3) is 0 Å². The SMILES string of the molecule is O=C([O-])c1c(F)c(F)c(F)c(F)c1F.[NH4+]. The summed E-state index contributed by atoms with van der Waals surface area (Å²) in [6.45, 7) is 0. The molecule has 0 amide bonds. The van der Waals surface area contributed by atoms with Crippen LogP contribution in [-0.2, 0) is 0 Å².